The predicted octanol–water partition coefficient (Wildman–Crippen LogP) is 5.10. The Morgan fingerprint density at radius 3 is 1.23 bits per heavy atom. The lowest BCUT2D eigenvalue weighted by Gasteiger charge is -2.29. The molecule has 0 spiro atoms. The average Bonchev–Trinajstić information content (AvgIpc) is 3.29. The van der Waals surface area contributed by atoms with E-state index in [0.717, 1.165) is 24.7 Å². The third kappa shape index (κ3) is 1.94. The van der Waals surface area contributed by atoms with Gasteiger partial charge < -0.3 is 9.47 Å². The second-order valence-electron chi connectivity index (χ2n) is 11.5. The molecule has 0 radical (unpaired) electrons. The van der Waals surface area contributed by atoms with Crippen LogP contribution in [0.2, 0.25) is 0 Å². The Morgan fingerprint density at radius 1 is 0.615 bits per heavy atom. The van der Waals surface area contributed by atoms with E-state index in [0.29, 0.717) is 10.8 Å². The van der Waals surface area contributed by atoms with Crippen LogP contribution in [0, 0.1) is 33.5 Å². The minimum absolute atomic E-state index is 0.170. The lowest BCUT2D eigenvalue weighted by atomic mass is 9.77. The first-order chi connectivity index (χ1) is 12.0. The molecule has 4 saturated carbocycles. The van der Waals surface area contributed by atoms with E-state index >= 15 is 0 Å². The van der Waals surface area contributed by atoms with E-state index in [2.05, 4.69) is 27.7 Å². The van der Waals surface area contributed by atoms with Gasteiger partial charge in [0.05, 0.1) is 24.4 Å². The molecule has 12 atom stereocenters. The summed E-state index contributed by atoms with van der Waals surface area (Å²) >= 11 is 0. The highest BCUT2D eigenvalue weighted by Crippen LogP contribution is 2.74. The largest absolute Gasteiger partial charge is 0.371 e. The first-order valence-corrected chi connectivity index (χ1v) is 10.6. The number of hydrogen-bond donors (Lipinski definition) is 0. The summed E-state index contributed by atoms with van der Waals surface area (Å²) in [5, 5.41) is 0. The van der Waals surface area contributed by atoms with Crippen LogP contribution in [0.3, 0.4) is 0 Å². The third-order valence-electron chi connectivity index (χ3n) is 9.47. The van der Waals surface area contributed by atoms with E-state index in [9.17, 15) is 8.78 Å². The highest BCUT2D eigenvalue weighted by Gasteiger charge is 2.74. The third-order valence-corrected chi connectivity index (χ3v) is 9.47. The van der Waals surface area contributed by atoms with Crippen molar-refractivity contribution in [2.45, 2.75) is 104 Å². The summed E-state index contributed by atoms with van der Waals surface area (Å²) in [5.41, 5.74) is 0.307. The number of fused-ring (bicyclic) bond motifs is 6. The molecule has 0 aromatic heterocycles. The Labute approximate surface area is 156 Å². The monoisotopic (exact) mass is 368 g/mol. The second kappa shape index (κ2) is 4.84. The van der Waals surface area contributed by atoms with Gasteiger partial charge in [0, 0.05) is 10.8 Å². The van der Waals surface area contributed by atoms with Crippen LogP contribution in [-0.4, -0.2) is 36.8 Å². The number of hydrogen-bond acceptors (Lipinski definition) is 2. The van der Waals surface area contributed by atoms with Gasteiger partial charge in [-0.1, -0.05) is 27.7 Å². The minimum atomic E-state index is -0.748. The molecule has 2 heterocycles. The van der Waals surface area contributed by atoms with Crippen LogP contribution in [0.15, 0.2) is 0 Å². The Morgan fingerprint density at radius 2 is 0.923 bits per heavy atom. The summed E-state index contributed by atoms with van der Waals surface area (Å²) in [6.45, 7) is 12.4. The first kappa shape index (κ1) is 17.8. The van der Waals surface area contributed by atoms with Crippen LogP contribution in [0.5, 0.6) is 0 Å². The molecule has 0 unspecified atom stereocenters. The first-order valence-electron chi connectivity index (χ1n) is 10.6. The fourth-order valence-electron chi connectivity index (χ4n) is 7.76. The van der Waals surface area contributed by atoms with Crippen LogP contribution < -0.4 is 0 Å². The maximum absolute atomic E-state index is 13.9. The van der Waals surface area contributed by atoms with Gasteiger partial charge in [-0.2, -0.15) is 0 Å². The van der Waals surface area contributed by atoms with E-state index in [1.807, 2.05) is 13.8 Å². The Hall–Kier alpha value is -0.220. The van der Waals surface area contributed by atoms with Gasteiger partial charge in [-0.15, -0.1) is 0 Å². The fraction of sp³-hybridized carbons (Fsp3) is 1.00. The Balaban J connectivity index is 0.000000115. The zero-order valence-electron chi connectivity index (χ0n) is 17.0. The van der Waals surface area contributed by atoms with Crippen LogP contribution >= 0.6 is 0 Å². The van der Waals surface area contributed by atoms with Crippen molar-refractivity contribution in [1.29, 1.82) is 0 Å². The van der Waals surface area contributed by atoms with Crippen molar-refractivity contribution in [3.05, 3.63) is 0 Å². The lowest BCUT2D eigenvalue weighted by Crippen LogP contribution is -2.35. The van der Waals surface area contributed by atoms with Crippen LogP contribution in [0.4, 0.5) is 8.78 Å². The molecule has 4 heteroatoms. The zero-order valence-corrected chi connectivity index (χ0v) is 17.0. The molecule has 2 nitrogen and oxygen atoms in total. The van der Waals surface area contributed by atoms with Crippen molar-refractivity contribution in [3.63, 3.8) is 0 Å². The topological polar surface area (TPSA) is 18.5 Å². The summed E-state index contributed by atoms with van der Waals surface area (Å²) in [4.78, 5) is 0. The van der Waals surface area contributed by atoms with Crippen molar-refractivity contribution in [2.75, 3.05) is 0 Å². The maximum atomic E-state index is 13.9. The van der Waals surface area contributed by atoms with Gasteiger partial charge in [0.25, 0.3) is 0 Å². The molecule has 0 N–H and O–H groups in total. The molecular weight excluding hydrogens is 334 g/mol. The predicted molar refractivity (Wildman–Crippen MR) is 96.3 cm³/mol. The zero-order chi connectivity index (χ0) is 18.9. The quantitative estimate of drug-likeness (QED) is 0.592. The van der Waals surface area contributed by atoms with E-state index in [1.54, 1.807) is 0 Å². The summed E-state index contributed by atoms with van der Waals surface area (Å²) < 4.78 is 39.4. The summed E-state index contributed by atoms with van der Waals surface area (Å²) in [6.07, 6.45) is 3.11. The molecule has 6 aliphatic rings. The molecular formula is C22H34F2O2. The van der Waals surface area contributed by atoms with E-state index in [4.69, 9.17) is 9.47 Å². The molecule has 26 heavy (non-hydrogen) atoms. The number of halogens is 2. The molecule has 6 rings (SSSR count). The molecule has 148 valence electrons. The molecule has 2 aliphatic heterocycles. The van der Waals surface area contributed by atoms with Crippen LogP contribution in [0.1, 0.15) is 67.2 Å². The molecule has 4 aliphatic carbocycles. The second-order valence-corrected chi connectivity index (χ2v) is 11.5. The Kier molecular flexibility index (Phi) is 3.33. The number of alkyl halides is 2. The van der Waals surface area contributed by atoms with Crippen LogP contribution in [-0.2, 0) is 9.47 Å². The number of rotatable bonds is 0. The van der Waals surface area contributed by atoms with Gasteiger partial charge in [0.15, 0.2) is 0 Å². The van der Waals surface area contributed by atoms with Gasteiger partial charge in [0.2, 0.25) is 0 Å². The van der Waals surface area contributed by atoms with Crippen molar-refractivity contribution >= 4 is 0 Å². The standard InChI is InChI=1S/2C11H17FO/c2*1-6-8(12)11(3)5-7-4-10(7,2)9(11)13-6/h2*6-9H,4-5H2,1-3H3/t2*6-,7-,8-,9+,10-,11+/m00/s1. The van der Waals surface area contributed by atoms with E-state index in [-0.39, 0.29) is 35.2 Å². The van der Waals surface area contributed by atoms with Crippen molar-refractivity contribution in [1.82, 2.24) is 0 Å². The van der Waals surface area contributed by atoms with Gasteiger partial charge >= 0.3 is 0 Å². The van der Waals surface area contributed by atoms with E-state index in [1.165, 1.54) is 12.8 Å². The molecule has 0 aromatic carbocycles. The van der Waals surface area contributed by atoms with Crippen molar-refractivity contribution in [3.8, 4) is 0 Å². The number of ether oxygens (including phenoxy) is 2. The smallest absolute Gasteiger partial charge is 0.134 e. The highest BCUT2D eigenvalue weighted by atomic mass is 19.1. The molecule has 6 fully saturated rings. The van der Waals surface area contributed by atoms with Gasteiger partial charge in [0.1, 0.15) is 12.3 Å². The van der Waals surface area contributed by atoms with Crippen molar-refractivity contribution in [2.24, 2.45) is 33.5 Å². The van der Waals surface area contributed by atoms with Gasteiger partial charge in [-0.25, -0.2) is 8.78 Å². The lowest BCUT2D eigenvalue weighted by molar-refractivity contribution is -0.00656. The molecule has 0 bridgehead atoms. The minimum Gasteiger partial charge on any atom is -0.371 e. The summed E-state index contributed by atoms with van der Waals surface area (Å²) in [7, 11) is 0. The Bertz CT molecular complexity index is 588. The average molecular weight is 369 g/mol. The SMILES string of the molecule is C[C@@H]1O[C@@H]2[C@@]3(C)C[C@H]3C[C@]2(C)[C@H]1F.C[C@@H]1O[C@@H]2[C@@]3(C)C[C@H]3C[C@]2(C)[C@H]1F. The molecule has 0 amide bonds. The summed E-state index contributed by atoms with van der Waals surface area (Å²) in [5.74, 6) is 1.49. The molecule has 0 aromatic rings. The molecule has 2 saturated heterocycles. The normalized spacial score (nSPS) is 69.2. The van der Waals surface area contributed by atoms with E-state index < -0.39 is 12.3 Å². The fourth-order valence-corrected chi connectivity index (χ4v) is 7.76. The maximum Gasteiger partial charge on any atom is 0.134 e. The van der Waals surface area contributed by atoms with Gasteiger partial charge in [-0.3, -0.25) is 0 Å². The highest BCUT2D eigenvalue weighted by molar-refractivity contribution is 5.22. The summed E-state index contributed by atoms with van der Waals surface area (Å²) in [6, 6.07) is 0. The van der Waals surface area contributed by atoms with Crippen molar-refractivity contribution < 1.29 is 18.3 Å². The van der Waals surface area contributed by atoms with Gasteiger partial charge in [-0.05, 0) is 62.2 Å². The van der Waals surface area contributed by atoms with Crippen LogP contribution in [0.25, 0.3) is 0 Å².